The van der Waals surface area contributed by atoms with Gasteiger partial charge in [-0.2, -0.15) is 0 Å². The molecule has 2 N–H and O–H groups in total. The van der Waals surface area contributed by atoms with Gasteiger partial charge in [-0.25, -0.2) is 19.7 Å². The molecule has 0 bridgehead atoms. The van der Waals surface area contributed by atoms with Crippen molar-refractivity contribution < 1.29 is 14.3 Å². The first-order valence-corrected chi connectivity index (χ1v) is 14.5. The highest BCUT2D eigenvalue weighted by atomic mass is 35.5. The molecule has 42 heavy (non-hydrogen) atoms. The van der Waals surface area contributed by atoms with Gasteiger partial charge in [-0.15, -0.1) is 0 Å². The average molecular weight is 589 g/mol. The molecule has 5 heterocycles. The molecule has 1 atom stereocenters. The normalized spacial score (nSPS) is 17.0. The van der Waals surface area contributed by atoms with Gasteiger partial charge in [0, 0.05) is 69.5 Å². The number of nitrogens with zero attached hydrogens (tertiary/aromatic N) is 6. The van der Waals surface area contributed by atoms with Crippen molar-refractivity contribution in [1.29, 1.82) is 0 Å². The van der Waals surface area contributed by atoms with E-state index in [-0.39, 0.29) is 34.7 Å². The third kappa shape index (κ3) is 5.82. The molecule has 12 heteroatoms. The zero-order valence-corrected chi connectivity index (χ0v) is 24.1. The highest BCUT2D eigenvalue weighted by Gasteiger charge is 2.44. The summed E-state index contributed by atoms with van der Waals surface area (Å²) in [6.45, 7) is 5.32. The first kappa shape index (κ1) is 27.8. The fourth-order valence-electron chi connectivity index (χ4n) is 5.61. The second kappa shape index (κ2) is 11.8. The van der Waals surface area contributed by atoms with Crippen molar-refractivity contribution >= 4 is 35.0 Å². The third-order valence-corrected chi connectivity index (χ3v) is 8.32. The Morgan fingerprint density at radius 3 is 2.67 bits per heavy atom. The van der Waals surface area contributed by atoms with Gasteiger partial charge in [-0.05, 0) is 18.4 Å². The number of piperidine rings is 1. The number of halogens is 1. The Morgan fingerprint density at radius 1 is 1.14 bits per heavy atom. The number of pyridine rings is 1. The van der Waals surface area contributed by atoms with E-state index in [1.165, 1.54) is 11.8 Å². The van der Waals surface area contributed by atoms with Gasteiger partial charge in [0.15, 0.2) is 11.5 Å². The second-order valence-electron chi connectivity index (χ2n) is 10.9. The van der Waals surface area contributed by atoms with Crippen LogP contribution in [0, 0.1) is 0 Å². The van der Waals surface area contributed by atoms with E-state index in [4.69, 9.17) is 16.3 Å². The van der Waals surface area contributed by atoms with Gasteiger partial charge in [-0.1, -0.05) is 48.9 Å². The summed E-state index contributed by atoms with van der Waals surface area (Å²) in [5.41, 5.74) is 1.83. The number of carbonyl (C=O) groups excluding carboxylic acids is 2. The molecule has 0 unspecified atom stereocenters. The van der Waals surface area contributed by atoms with Crippen LogP contribution in [0.2, 0.25) is 5.02 Å². The lowest BCUT2D eigenvalue weighted by Gasteiger charge is -2.39. The second-order valence-corrected chi connectivity index (χ2v) is 11.3. The van der Waals surface area contributed by atoms with E-state index in [0.29, 0.717) is 25.4 Å². The molecule has 11 nitrogen and oxygen atoms in total. The van der Waals surface area contributed by atoms with E-state index >= 15 is 0 Å². The predicted octanol–water partition coefficient (Wildman–Crippen LogP) is 3.75. The Labute approximate surface area is 248 Å². The van der Waals surface area contributed by atoms with Gasteiger partial charge in [0.1, 0.15) is 11.4 Å². The van der Waals surface area contributed by atoms with E-state index < -0.39 is 5.91 Å². The largest absolute Gasteiger partial charge is 0.491 e. The lowest BCUT2D eigenvalue weighted by Crippen LogP contribution is -2.52. The lowest BCUT2D eigenvalue weighted by atomic mass is 9.88. The van der Waals surface area contributed by atoms with Gasteiger partial charge >= 0.3 is 6.03 Å². The maximum absolute atomic E-state index is 12.8. The number of imidazole rings is 1. The van der Waals surface area contributed by atoms with Crippen molar-refractivity contribution in [3.63, 3.8) is 0 Å². The first-order chi connectivity index (χ1) is 20.4. The molecule has 1 spiro atoms. The topological polar surface area (TPSA) is 117 Å². The van der Waals surface area contributed by atoms with Crippen LogP contribution in [-0.4, -0.2) is 81.1 Å². The van der Waals surface area contributed by atoms with Crippen LogP contribution >= 0.6 is 11.6 Å². The fraction of sp³-hybridized carbons (Fsp3) is 0.367. The van der Waals surface area contributed by atoms with Crippen molar-refractivity contribution in [2.24, 2.45) is 0 Å². The van der Waals surface area contributed by atoms with Gasteiger partial charge in [0.2, 0.25) is 0 Å². The highest BCUT2D eigenvalue weighted by Crippen LogP contribution is 2.31. The van der Waals surface area contributed by atoms with Gasteiger partial charge < -0.3 is 29.6 Å². The summed E-state index contributed by atoms with van der Waals surface area (Å²) in [5, 5.41) is 6.25. The van der Waals surface area contributed by atoms with Crippen LogP contribution in [0.3, 0.4) is 0 Å². The minimum absolute atomic E-state index is 0.117. The van der Waals surface area contributed by atoms with Crippen LogP contribution in [0.15, 0.2) is 67.4 Å². The van der Waals surface area contributed by atoms with E-state index in [0.717, 1.165) is 37.4 Å². The Bertz CT molecular complexity index is 1570. The standard InChI is InChI=1S/C30H33ClN8O3/c1-21(22-5-3-2-4-6-22)19-42-23-17-24(31)25(35-18-23)28(40)34-11-16-39-20-30(36-29(39)41)7-12-37(13-8-30)26-27-33-10-15-38(27)14-9-32-26/h2-6,9-10,14-15,17-18,21H,7-8,11-13,16,19-20H2,1H3,(H,34,40)(H,36,41)/t21-/m1/s1. The van der Waals surface area contributed by atoms with E-state index in [9.17, 15) is 9.59 Å². The van der Waals surface area contributed by atoms with Gasteiger partial charge in [-0.3, -0.25) is 4.79 Å². The van der Waals surface area contributed by atoms with E-state index in [2.05, 4.69) is 49.5 Å². The summed E-state index contributed by atoms with van der Waals surface area (Å²) >= 11 is 6.37. The number of benzene rings is 1. The Morgan fingerprint density at radius 2 is 1.90 bits per heavy atom. The molecule has 0 saturated carbocycles. The van der Waals surface area contributed by atoms with Crippen LogP contribution in [0.25, 0.3) is 5.65 Å². The number of urea groups is 1. The monoisotopic (exact) mass is 588 g/mol. The number of aromatic nitrogens is 4. The van der Waals surface area contributed by atoms with Gasteiger partial charge in [0.25, 0.3) is 5.91 Å². The smallest absolute Gasteiger partial charge is 0.318 e. The molecule has 0 aliphatic carbocycles. The van der Waals surface area contributed by atoms with Crippen molar-refractivity contribution in [2.75, 3.05) is 44.2 Å². The van der Waals surface area contributed by atoms with E-state index in [1.807, 2.05) is 35.0 Å². The number of anilines is 1. The number of nitrogens with one attached hydrogen (secondary N) is 2. The number of hydrogen-bond acceptors (Lipinski definition) is 7. The molecule has 3 aromatic heterocycles. The lowest BCUT2D eigenvalue weighted by molar-refractivity contribution is 0.0945. The maximum atomic E-state index is 12.8. The van der Waals surface area contributed by atoms with E-state index in [1.54, 1.807) is 23.4 Å². The average Bonchev–Trinajstić information content (AvgIpc) is 3.61. The Balaban J connectivity index is 0.972. The Kier molecular flexibility index (Phi) is 7.84. The molecule has 2 saturated heterocycles. The molecular formula is C30H33ClN8O3. The van der Waals surface area contributed by atoms with Crippen molar-refractivity contribution in [1.82, 2.24) is 34.9 Å². The van der Waals surface area contributed by atoms with Crippen molar-refractivity contribution in [3.8, 4) is 5.75 Å². The van der Waals surface area contributed by atoms with Crippen LogP contribution in [-0.2, 0) is 0 Å². The summed E-state index contributed by atoms with van der Waals surface area (Å²) in [7, 11) is 0. The van der Waals surface area contributed by atoms with Crippen molar-refractivity contribution in [2.45, 2.75) is 31.2 Å². The molecule has 4 aromatic rings. The van der Waals surface area contributed by atoms with Gasteiger partial charge in [0.05, 0.1) is 23.4 Å². The molecule has 3 amide bonds. The molecule has 2 aliphatic heterocycles. The van der Waals surface area contributed by atoms with Crippen LogP contribution < -0.4 is 20.3 Å². The third-order valence-electron chi connectivity index (χ3n) is 8.03. The van der Waals surface area contributed by atoms with Crippen molar-refractivity contribution in [3.05, 3.63) is 83.7 Å². The summed E-state index contributed by atoms with van der Waals surface area (Å²) in [5.74, 6) is 1.15. The number of hydrogen-bond donors (Lipinski definition) is 2. The molecule has 218 valence electrons. The highest BCUT2D eigenvalue weighted by molar-refractivity contribution is 6.33. The quantitative estimate of drug-likeness (QED) is 0.306. The van der Waals surface area contributed by atoms with Crippen LogP contribution in [0.1, 0.15) is 41.7 Å². The van der Waals surface area contributed by atoms with Crippen LogP contribution in [0.5, 0.6) is 5.75 Å². The SMILES string of the molecule is C[C@H](COc1cnc(C(=O)NCCN2CC3(CCN(c4nccn5ccnc45)CC3)NC2=O)c(Cl)c1)c1ccccc1. The zero-order valence-electron chi connectivity index (χ0n) is 23.4. The summed E-state index contributed by atoms with van der Waals surface area (Å²) < 4.78 is 7.82. The molecule has 0 radical (unpaired) electrons. The first-order valence-electron chi connectivity index (χ1n) is 14.1. The number of ether oxygens (including phenoxy) is 1. The minimum atomic E-state index is -0.396. The number of amides is 3. The molecule has 2 fully saturated rings. The zero-order chi connectivity index (χ0) is 29.1. The molecule has 1 aromatic carbocycles. The fourth-order valence-corrected chi connectivity index (χ4v) is 5.85. The summed E-state index contributed by atoms with van der Waals surface area (Å²) in [4.78, 5) is 42.8. The molecule has 6 rings (SSSR count). The minimum Gasteiger partial charge on any atom is -0.491 e. The number of rotatable bonds is 9. The predicted molar refractivity (Wildman–Crippen MR) is 159 cm³/mol. The Hall–Kier alpha value is -4.38. The molecular weight excluding hydrogens is 556 g/mol. The summed E-state index contributed by atoms with van der Waals surface area (Å²) in [6, 6.07) is 11.6. The molecule has 2 aliphatic rings. The van der Waals surface area contributed by atoms with Crippen LogP contribution in [0.4, 0.5) is 10.6 Å². The maximum Gasteiger partial charge on any atom is 0.318 e. The summed E-state index contributed by atoms with van der Waals surface area (Å²) in [6.07, 6.45) is 10.4. The number of fused-ring (bicyclic) bond motifs is 1. The number of carbonyl (C=O) groups is 2.